The van der Waals surface area contributed by atoms with Crippen LogP contribution in [-0.4, -0.2) is 30.3 Å². The molecule has 5 rings (SSSR count). The zero-order valence-electron chi connectivity index (χ0n) is 16.7. The van der Waals surface area contributed by atoms with Crippen molar-refractivity contribution >= 4 is 33.2 Å². The molecule has 156 valence electrons. The van der Waals surface area contributed by atoms with Crippen LogP contribution in [0.2, 0.25) is 0 Å². The standard InChI is InChI=1S/C23H18N2O5S/c1-28-17-10-9-14-19(20(17)29-2)23(27)30-21(14)24-12-7-8-13(16(26)11-12)22-25-15-5-3-4-6-18(15)31-22/h3-11,21,24,26H,1-2H3/t21-/m1/s1. The van der Waals surface area contributed by atoms with Crippen molar-refractivity contribution in [2.75, 3.05) is 19.5 Å². The SMILES string of the molecule is COc1ccc2c(c1OC)C(=O)O[C@H]2Nc1ccc(-c2nc3ccccc3s2)c(O)c1. The number of aromatic hydroxyl groups is 1. The minimum atomic E-state index is -0.713. The molecule has 0 spiro atoms. The zero-order chi connectivity index (χ0) is 21.5. The van der Waals surface area contributed by atoms with Crippen molar-refractivity contribution in [2.45, 2.75) is 6.23 Å². The van der Waals surface area contributed by atoms with Crippen LogP contribution in [0.1, 0.15) is 22.1 Å². The van der Waals surface area contributed by atoms with Crippen molar-refractivity contribution in [1.82, 2.24) is 4.98 Å². The van der Waals surface area contributed by atoms with Crippen LogP contribution >= 0.6 is 11.3 Å². The second-order valence-electron chi connectivity index (χ2n) is 6.91. The molecule has 31 heavy (non-hydrogen) atoms. The number of anilines is 1. The predicted octanol–water partition coefficient (Wildman–Crippen LogP) is 4.97. The Hall–Kier alpha value is -3.78. The number of fused-ring (bicyclic) bond motifs is 2. The highest BCUT2D eigenvalue weighted by atomic mass is 32.1. The van der Waals surface area contributed by atoms with E-state index in [0.717, 1.165) is 15.2 Å². The van der Waals surface area contributed by atoms with Gasteiger partial charge in [-0.3, -0.25) is 0 Å². The predicted molar refractivity (Wildman–Crippen MR) is 118 cm³/mol. The van der Waals surface area contributed by atoms with E-state index in [-0.39, 0.29) is 5.75 Å². The summed E-state index contributed by atoms with van der Waals surface area (Å²) >= 11 is 1.52. The summed E-state index contributed by atoms with van der Waals surface area (Å²) in [5, 5.41) is 14.5. The molecule has 3 aromatic carbocycles. The second-order valence-corrected chi connectivity index (χ2v) is 7.94. The lowest BCUT2D eigenvalue weighted by molar-refractivity contribution is 0.0435. The molecule has 0 radical (unpaired) electrons. The number of phenols is 1. The highest BCUT2D eigenvalue weighted by molar-refractivity contribution is 7.21. The third-order valence-corrected chi connectivity index (χ3v) is 6.18. The first-order valence-electron chi connectivity index (χ1n) is 9.50. The summed E-state index contributed by atoms with van der Waals surface area (Å²) in [6.07, 6.45) is -0.713. The maximum absolute atomic E-state index is 12.5. The minimum absolute atomic E-state index is 0.0842. The summed E-state index contributed by atoms with van der Waals surface area (Å²) in [5.74, 6) is 0.375. The van der Waals surface area contributed by atoms with E-state index >= 15 is 0 Å². The van der Waals surface area contributed by atoms with Gasteiger partial charge in [-0.25, -0.2) is 9.78 Å². The molecule has 2 N–H and O–H groups in total. The Balaban J connectivity index is 1.44. The number of nitrogens with one attached hydrogen (secondary N) is 1. The Bertz CT molecular complexity index is 1280. The Labute approximate surface area is 181 Å². The maximum atomic E-state index is 12.5. The largest absolute Gasteiger partial charge is 0.507 e. The first-order valence-corrected chi connectivity index (χ1v) is 10.3. The second kappa shape index (κ2) is 7.48. The molecule has 1 aliphatic rings. The lowest BCUT2D eigenvalue weighted by atomic mass is 10.1. The van der Waals surface area contributed by atoms with Crippen LogP contribution in [0.15, 0.2) is 54.6 Å². The summed E-state index contributed by atoms with van der Waals surface area (Å²) < 4.78 is 17.2. The van der Waals surface area contributed by atoms with E-state index in [0.29, 0.717) is 33.9 Å². The molecule has 7 nitrogen and oxygen atoms in total. The minimum Gasteiger partial charge on any atom is -0.507 e. The third kappa shape index (κ3) is 3.21. The van der Waals surface area contributed by atoms with Crippen LogP contribution in [0, 0.1) is 0 Å². The summed E-state index contributed by atoms with van der Waals surface area (Å²) in [6, 6.07) is 16.5. The van der Waals surface area contributed by atoms with Crippen LogP contribution in [0.3, 0.4) is 0 Å². The number of ether oxygens (including phenoxy) is 3. The number of rotatable bonds is 5. The Morgan fingerprint density at radius 2 is 1.94 bits per heavy atom. The number of hydrogen-bond acceptors (Lipinski definition) is 8. The van der Waals surface area contributed by atoms with E-state index in [1.807, 2.05) is 30.3 Å². The molecule has 0 unspecified atom stereocenters. The quantitative estimate of drug-likeness (QED) is 0.429. The molecule has 1 aromatic heterocycles. The van der Waals surface area contributed by atoms with E-state index < -0.39 is 12.2 Å². The number of thiazole rings is 1. The number of benzene rings is 3. The van der Waals surface area contributed by atoms with Crippen molar-refractivity contribution < 1.29 is 24.1 Å². The average Bonchev–Trinajstić information content (AvgIpc) is 3.34. The van der Waals surface area contributed by atoms with Gasteiger partial charge < -0.3 is 24.6 Å². The topological polar surface area (TPSA) is 89.9 Å². The van der Waals surface area contributed by atoms with Crippen LogP contribution in [-0.2, 0) is 4.74 Å². The lowest BCUT2D eigenvalue weighted by Gasteiger charge is -2.16. The van der Waals surface area contributed by atoms with Gasteiger partial charge in [-0.2, -0.15) is 0 Å². The Morgan fingerprint density at radius 3 is 2.68 bits per heavy atom. The summed E-state index contributed by atoms with van der Waals surface area (Å²) in [6.45, 7) is 0. The van der Waals surface area contributed by atoms with Crippen molar-refractivity contribution in [3.05, 3.63) is 65.7 Å². The van der Waals surface area contributed by atoms with Crippen LogP contribution in [0.5, 0.6) is 17.2 Å². The van der Waals surface area contributed by atoms with E-state index in [2.05, 4.69) is 10.3 Å². The number of hydrogen-bond donors (Lipinski definition) is 2. The molecular weight excluding hydrogens is 416 g/mol. The van der Waals surface area contributed by atoms with Gasteiger partial charge in [-0.1, -0.05) is 12.1 Å². The molecule has 2 heterocycles. The van der Waals surface area contributed by atoms with Gasteiger partial charge in [0.05, 0.1) is 30.0 Å². The third-order valence-electron chi connectivity index (χ3n) is 5.11. The average molecular weight is 434 g/mol. The maximum Gasteiger partial charge on any atom is 0.344 e. The van der Waals surface area contributed by atoms with Gasteiger partial charge >= 0.3 is 5.97 Å². The number of nitrogens with zero attached hydrogens (tertiary/aromatic N) is 1. The van der Waals surface area contributed by atoms with Gasteiger partial charge in [-0.15, -0.1) is 11.3 Å². The lowest BCUT2D eigenvalue weighted by Crippen LogP contribution is -2.10. The number of para-hydroxylation sites is 1. The monoisotopic (exact) mass is 434 g/mol. The summed E-state index contributed by atoms with van der Waals surface area (Å²) in [7, 11) is 2.99. The number of carbonyl (C=O) groups is 1. The molecular formula is C23H18N2O5S. The van der Waals surface area contributed by atoms with Gasteiger partial charge in [0, 0.05) is 17.3 Å². The molecule has 0 aliphatic carbocycles. The molecule has 0 saturated heterocycles. The zero-order valence-corrected chi connectivity index (χ0v) is 17.5. The number of esters is 1. The summed E-state index contributed by atoms with van der Waals surface area (Å²) in [5.41, 5.74) is 3.10. The number of cyclic esters (lactones) is 1. The van der Waals surface area contributed by atoms with Gasteiger partial charge in [-0.05, 0) is 36.4 Å². The number of aromatic nitrogens is 1. The van der Waals surface area contributed by atoms with Gasteiger partial charge in [0.2, 0.25) is 6.23 Å². The fourth-order valence-corrected chi connectivity index (χ4v) is 4.65. The van der Waals surface area contributed by atoms with Crippen LogP contribution < -0.4 is 14.8 Å². The highest BCUT2D eigenvalue weighted by Crippen LogP contribution is 2.43. The van der Waals surface area contributed by atoms with Crippen molar-refractivity contribution in [2.24, 2.45) is 0 Å². The normalized spacial score (nSPS) is 14.9. The van der Waals surface area contributed by atoms with Crippen LogP contribution in [0.4, 0.5) is 5.69 Å². The first kappa shape index (κ1) is 19.2. The van der Waals surface area contributed by atoms with E-state index in [4.69, 9.17) is 14.2 Å². The van der Waals surface area contributed by atoms with Crippen molar-refractivity contribution in [3.8, 4) is 27.8 Å². The molecule has 1 aliphatic heterocycles. The van der Waals surface area contributed by atoms with E-state index in [9.17, 15) is 9.90 Å². The van der Waals surface area contributed by atoms with Crippen molar-refractivity contribution in [3.63, 3.8) is 0 Å². The molecule has 8 heteroatoms. The first-order chi connectivity index (χ1) is 15.1. The number of phenolic OH excluding ortho intramolecular Hbond substituents is 1. The van der Waals surface area contributed by atoms with Crippen molar-refractivity contribution in [1.29, 1.82) is 0 Å². The number of methoxy groups -OCH3 is 2. The molecule has 1 atom stereocenters. The van der Waals surface area contributed by atoms with Gasteiger partial charge in [0.25, 0.3) is 0 Å². The molecule has 0 bridgehead atoms. The van der Waals surface area contributed by atoms with E-state index in [1.54, 1.807) is 24.3 Å². The molecule has 0 saturated carbocycles. The molecule has 0 amide bonds. The fraction of sp³-hybridized carbons (Fsp3) is 0.130. The number of carbonyl (C=O) groups excluding carboxylic acids is 1. The fourth-order valence-electron chi connectivity index (χ4n) is 3.65. The molecule has 4 aromatic rings. The van der Waals surface area contributed by atoms with Crippen LogP contribution in [0.25, 0.3) is 20.8 Å². The Kier molecular flexibility index (Phi) is 4.63. The smallest absolute Gasteiger partial charge is 0.344 e. The summed E-state index contributed by atoms with van der Waals surface area (Å²) in [4.78, 5) is 17.0. The highest BCUT2D eigenvalue weighted by Gasteiger charge is 2.36. The molecule has 0 fully saturated rings. The van der Waals surface area contributed by atoms with Gasteiger partial charge in [0.15, 0.2) is 11.5 Å². The Morgan fingerprint density at radius 1 is 1.10 bits per heavy atom. The van der Waals surface area contributed by atoms with E-state index in [1.165, 1.54) is 25.6 Å². The van der Waals surface area contributed by atoms with Gasteiger partial charge in [0.1, 0.15) is 16.3 Å².